The van der Waals surface area contributed by atoms with Crippen molar-refractivity contribution >= 4 is 12.0 Å². The first kappa shape index (κ1) is 17.7. The fraction of sp³-hybridized carbons (Fsp3) is 0.750. The number of carbonyl (C=O) groups excluding carboxylic acids is 2. The van der Waals surface area contributed by atoms with Gasteiger partial charge in [-0.3, -0.25) is 4.79 Å². The van der Waals surface area contributed by atoms with Crippen LogP contribution in [0.1, 0.15) is 47.0 Å². The van der Waals surface area contributed by atoms with Gasteiger partial charge in [-0.1, -0.05) is 25.5 Å². The van der Waals surface area contributed by atoms with Gasteiger partial charge in [-0.25, -0.2) is 9.69 Å². The van der Waals surface area contributed by atoms with Gasteiger partial charge in [0.15, 0.2) is 0 Å². The number of allylic oxidation sites excluding steroid dienone is 2. The molecule has 5 nitrogen and oxygen atoms in total. The van der Waals surface area contributed by atoms with E-state index in [0.717, 1.165) is 17.7 Å². The molecule has 2 unspecified atom stereocenters. The molecule has 5 heteroatoms. The number of hydrogen-bond acceptors (Lipinski definition) is 4. The highest BCUT2D eigenvalue weighted by molar-refractivity contribution is 5.94. The van der Waals surface area contributed by atoms with Gasteiger partial charge in [-0.2, -0.15) is 0 Å². The highest BCUT2D eigenvalue weighted by atomic mass is 16.6. The maximum atomic E-state index is 12.1. The van der Waals surface area contributed by atoms with Crippen LogP contribution in [0.3, 0.4) is 0 Å². The van der Waals surface area contributed by atoms with Gasteiger partial charge in [0.25, 0.3) is 0 Å². The van der Waals surface area contributed by atoms with E-state index in [1.54, 1.807) is 6.92 Å². The lowest BCUT2D eigenvalue weighted by Gasteiger charge is -2.23. The van der Waals surface area contributed by atoms with Crippen LogP contribution in [0.15, 0.2) is 11.6 Å². The first-order valence-electron chi connectivity index (χ1n) is 7.62. The molecule has 0 aromatic rings. The number of nitrogens with zero attached hydrogens (tertiary/aromatic N) is 1. The molecular weight excluding hydrogens is 270 g/mol. The van der Waals surface area contributed by atoms with Gasteiger partial charge in [-0.05, 0) is 39.0 Å². The average Bonchev–Trinajstić information content (AvgIpc) is 2.82. The SMILES string of the molecule is CC(C)=CCC[C@H](C)CC(O)C(C)C(=O)N1CCOC1=O. The largest absolute Gasteiger partial charge is 0.447 e. The van der Waals surface area contributed by atoms with Crippen molar-refractivity contribution in [1.82, 2.24) is 4.90 Å². The Morgan fingerprint density at radius 2 is 2.10 bits per heavy atom. The number of aliphatic hydroxyl groups excluding tert-OH is 1. The van der Waals surface area contributed by atoms with E-state index < -0.39 is 18.1 Å². The molecule has 0 aliphatic carbocycles. The van der Waals surface area contributed by atoms with E-state index in [2.05, 4.69) is 26.8 Å². The minimum Gasteiger partial charge on any atom is -0.447 e. The molecule has 1 aliphatic heterocycles. The van der Waals surface area contributed by atoms with Gasteiger partial charge in [0.1, 0.15) is 6.61 Å². The highest BCUT2D eigenvalue weighted by Gasteiger charge is 2.34. The van der Waals surface area contributed by atoms with Crippen LogP contribution in [0, 0.1) is 11.8 Å². The topological polar surface area (TPSA) is 66.8 Å². The number of cyclic esters (lactones) is 1. The Kier molecular flexibility index (Phi) is 6.89. The molecule has 0 aromatic heterocycles. The molecule has 0 saturated carbocycles. The summed E-state index contributed by atoms with van der Waals surface area (Å²) in [6.45, 7) is 8.40. The summed E-state index contributed by atoms with van der Waals surface area (Å²) in [5, 5.41) is 10.2. The number of hydrogen-bond donors (Lipinski definition) is 1. The number of ether oxygens (including phenoxy) is 1. The summed E-state index contributed by atoms with van der Waals surface area (Å²) in [5.41, 5.74) is 1.29. The van der Waals surface area contributed by atoms with Crippen LogP contribution in [0.2, 0.25) is 0 Å². The third-order valence-electron chi connectivity index (χ3n) is 3.85. The molecule has 120 valence electrons. The summed E-state index contributed by atoms with van der Waals surface area (Å²) in [6.07, 6.45) is 3.37. The molecule has 1 N–H and O–H groups in total. The first-order chi connectivity index (χ1) is 9.82. The van der Waals surface area contributed by atoms with E-state index in [4.69, 9.17) is 4.74 Å². The second-order valence-electron chi connectivity index (χ2n) is 6.16. The normalized spacial score (nSPS) is 18.9. The van der Waals surface area contributed by atoms with E-state index in [0.29, 0.717) is 12.3 Å². The zero-order valence-corrected chi connectivity index (χ0v) is 13.5. The minimum atomic E-state index is -0.729. The third kappa shape index (κ3) is 5.50. The number of carbonyl (C=O) groups is 2. The van der Waals surface area contributed by atoms with Crippen molar-refractivity contribution in [2.24, 2.45) is 11.8 Å². The summed E-state index contributed by atoms with van der Waals surface area (Å²) >= 11 is 0. The molecule has 2 amide bonds. The number of imide groups is 1. The van der Waals surface area contributed by atoms with E-state index in [1.807, 2.05) is 0 Å². The first-order valence-corrected chi connectivity index (χ1v) is 7.62. The standard InChI is InChI=1S/C16H27NO4/c1-11(2)6-5-7-12(3)10-14(18)13(4)15(19)17-8-9-21-16(17)20/h6,12-14,18H,5,7-10H2,1-4H3/t12-,13?,14?/m0/s1. The lowest BCUT2D eigenvalue weighted by Crippen LogP contribution is -2.40. The molecule has 1 heterocycles. The second-order valence-corrected chi connectivity index (χ2v) is 6.16. The minimum absolute atomic E-state index is 0.243. The van der Waals surface area contributed by atoms with Gasteiger partial charge >= 0.3 is 6.09 Å². The monoisotopic (exact) mass is 297 g/mol. The molecule has 3 atom stereocenters. The van der Waals surface area contributed by atoms with Crippen LogP contribution in [0.4, 0.5) is 4.79 Å². The average molecular weight is 297 g/mol. The van der Waals surface area contributed by atoms with Crippen LogP contribution >= 0.6 is 0 Å². The van der Waals surface area contributed by atoms with Crippen molar-refractivity contribution in [2.45, 2.75) is 53.1 Å². The van der Waals surface area contributed by atoms with Crippen LogP contribution in [0.5, 0.6) is 0 Å². The van der Waals surface area contributed by atoms with Gasteiger partial charge < -0.3 is 9.84 Å². The number of rotatable bonds is 7. The van der Waals surface area contributed by atoms with Gasteiger partial charge in [0.2, 0.25) is 5.91 Å². The van der Waals surface area contributed by atoms with Crippen LogP contribution in [0.25, 0.3) is 0 Å². The Morgan fingerprint density at radius 3 is 2.62 bits per heavy atom. The molecule has 21 heavy (non-hydrogen) atoms. The quantitative estimate of drug-likeness (QED) is 0.734. The molecule has 1 saturated heterocycles. The van der Waals surface area contributed by atoms with Crippen molar-refractivity contribution in [1.29, 1.82) is 0 Å². The molecule has 1 aliphatic rings. The summed E-state index contributed by atoms with van der Waals surface area (Å²) in [4.78, 5) is 24.6. The van der Waals surface area contributed by atoms with Crippen molar-refractivity contribution in [2.75, 3.05) is 13.2 Å². The summed E-state index contributed by atoms with van der Waals surface area (Å²) in [7, 11) is 0. The molecule has 0 aromatic carbocycles. The van der Waals surface area contributed by atoms with Crippen molar-refractivity contribution in [3.05, 3.63) is 11.6 Å². The zero-order valence-electron chi connectivity index (χ0n) is 13.5. The lowest BCUT2D eigenvalue weighted by atomic mass is 9.91. The molecule has 1 rings (SSSR count). The van der Waals surface area contributed by atoms with Gasteiger partial charge in [0.05, 0.1) is 18.6 Å². The molecule has 0 spiro atoms. The predicted molar refractivity (Wildman–Crippen MR) is 80.7 cm³/mol. The van der Waals surface area contributed by atoms with E-state index >= 15 is 0 Å². The fourth-order valence-corrected chi connectivity index (χ4v) is 2.39. The van der Waals surface area contributed by atoms with Crippen LogP contribution in [-0.4, -0.2) is 41.3 Å². The van der Waals surface area contributed by atoms with Crippen LogP contribution in [-0.2, 0) is 9.53 Å². The summed E-state index contributed by atoms with van der Waals surface area (Å²) < 4.78 is 4.75. The Morgan fingerprint density at radius 1 is 1.43 bits per heavy atom. The Hall–Kier alpha value is -1.36. The molecule has 0 radical (unpaired) electrons. The third-order valence-corrected chi connectivity index (χ3v) is 3.85. The number of amides is 2. The van der Waals surface area contributed by atoms with Gasteiger partial charge in [-0.15, -0.1) is 0 Å². The van der Waals surface area contributed by atoms with Crippen molar-refractivity contribution in [3.8, 4) is 0 Å². The molecule has 1 fully saturated rings. The van der Waals surface area contributed by atoms with Gasteiger partial charge in [0, 0.05) is 0 Å². The molecule has 0 bridgehead atoms. The van der Waals surface area contributed by atoms with Crippen molar-refractivity contribution < 1.29 is 19.4 Å². The van der Waals surface area contributed by atoms with Crippen LogP contribution < -0.4 is 0 Å². The summed E-state index contributed by atoms with van der Waals surface area (Å²) in [6, 6.07) is 0. The number of aliphatic hydroxyl groups is 1. The zero-order chi connectivity index (χ0) is 16.0. The Balaban J connectivity index is 2.42. The maximum absolute atomic E-state index is 12.1. The highest BCUT2D eigenvalue weighted by Crippen LogP contribution is 2.20. The maximum Gasteiger partial charge on any atom is 0.416 e. The fourth-order valence-electron chi connectivity index (χ4n) is 2.39. The summed E-state index contributed by atoms with van der Waals surface area (Å²) in [5.74, 6) is -0.598. The Bertz CT molecular complexity index is 401. The van der Waals surface area contributed by atoms with E-state index in [-0.39, 0.29) is 19.1 Å². The van der Waals surface area contributed by atoms with E-state index in [9.17, 15) is 14.7 Å². The smallest absolute Gasteiger partial charge is 0.416 e. The molecular formula is C16H27NO4. The van der Waals surface area contributed by atoms with E-state index in [1.165, 1.54) is 5.57 Å². The predicted octanol–water partition coefficient (Wildman–Crippen LogP) is 2.73. The lowest BCUT2D eigenvalue weighted by molar-refractivity contribution is -0.135. The van der Waals surface area contributed by atoms with Crippen molar-refractivity contribution in [3.63, 3.8) is 0 Å². The Labute approximate surface area is 127 Å². The second kappa shape index (κ2) is 8.17.